The van der Waals surface area contributed by atoms with E-state index in [2.05, 4.69) is 10.6 Å². The van der Waals surface area contributed by atoms with Gasteiger partial charge in [-0.05, 0) is 82.5 Å². The Morgan fingerprint density at radius 1 is 1.03 bits per heavy atom. The molecule has 2 aromatic carbocycles. The van der Waals surface area contributed by atoms with Crippen LogP contribution in [0, 0.1) is 13.8 Å². The maximum atomic E-state index is 13.6. The lowest BCUT2D eigenvalue weighted by molar-refractivity contribution is -0.141. The second kappa shape index (κ2) is 12.4. The highest BCUT2D eigenvalue weighted by molar-refractivity contribution is 5.99. The summed E-state index contributed by atoms with van der Waals surface area (Å²) in [4.78, 5) is 40.6. The zero-order valence-corrected chi connectivity index (χ0v) is 22.0. The Kier molecular flexibility index (Phi) is 9.86. The van der Waals surface area contributed by atoms with E-state index in [1.54, 1.807) is 58.2 Å². The maximum absolute atomic E-state index is 13.6. The van der Waals surface area contributed by atoms with Gasteiger partial charge in [0.05, 0.1) is 13.7 Å². The molecule has 9 nitrogen and oxygen atoms in total. The fraction of sp³-hybridized carbons (Fsp3) is 0.444. The molecule has 0 saturated carbocycles. The SMILES string of the molecule is COc1ccc(NC(=O)C(c2ccc(C)c(C)c2)N(CCO)C(=O)C(C)NC(=O)OC(C)(C)C)cc1. The Balaban J connectivity index is 2.41. The number of aliphatic hydroxyl groups excluding tert-OH is 1. The molecule has 3 amide bonds. The number of benzene rings is 2. The summed E-state index contributed by atoms with van der Waals surface area (Å²) in [6.45, 7) is 10.0. The summed E-state index contributed by atoms with van der Waals surface area (Å²) in [6.07, 6.45) is -0.752. The summed E-state index contributed by atoms with van der Waals surface area (Å²) in [5.41, 5.74) is 2.35. The number of carbonyl (C=O) groups is 3. The molecule has 9 heteroatoms. The second-order valence-corrected chi connectivity index (χ2v) is 9.59. The Labute approximate surface area is 212 Å². The Hall–Kier alpha value is -3.59. The van der Waals surface area contributed by atoms with Gasteiger partial charge in [0, 0.05) is 12.2 Å². The molecule has 36 heavy (non-hydrogen) atoms. The van der Waals surface area contributed by atoms with Crippen molar-refractivity contribution in [3.05, 3.63) is 59.2 Å². The van der Waals surface area contributed by atoms with E-state index < -0.39 is 35.6 Å². The largest absolute Gasteiger partial charge is 0.497 e. The number of aryl methyl sites for hydroxylation is 2. The first-order valence-electron chi connectivity index (χ1n) is 11.8. The van der Waals surface area contributed by atoms with Gasteiger partial charge < -0.3 is 30.1 Å². The molecule has 0 aliphatic rings. The molecule has 0 bridgehead atoms. The zero-order chi connectivity index (χ0) is 27.0. The number of anilines is 1. The number of methoxy groups -OCH3 is 1. The number of ether oxygens (including phenoxy) is 2. The van der Waals surface area contributed by atoms with Crippen LogP contribution in [0.5, 0.6) is 5.75 Å². The monoisotopic (exact) mass is 499 g/mol. The smallest absolute Gasteiger partial charge is 0.408 e. The number of alkyl carbamates (subject to hydrolysis) is 1. The van der Waals surface area contributed by atoms with Crippen LogP contribution in [0.25, 0.3) is 0 Å². The van der Waals surface area contributed by atoms with Gasteiger partial charge in [-0.1, -0.05) is 18.2 Å². The maximum Gasteiger partial charge on any atom is 0.408 e. The molecule has 0 spiro atoms. The fourth-order valence-corrected chi connectivity index (χ4v) is 3.56. The van der Waals surface area contributed by atoms with Crippen molar-refractivity contribution in [3.63, 3.8) is 0 Å². The van der Waals surface area contributed by atoms with Gasteiger partial charge in [-0.3, -0.25) is 9.59 Å². The summed E-state index contributed by atoms with van der Waals surface area (Å²) >= 11 is 0. The van der Waals surface area contributed by atoms with Crippen LogP contribution in [0.3, 0.4) is 0 Å². The molecule has 0 aliphatic carbocycles. The van der Waals surface area contributed by atoms with Crippen molar-refractivity contribution in [1.29, 1.82) is 0 Å². The van der Waals surface area contributed by atoms with E-state index in [-0.39, 0.29) is 13.2 Å². The van der Waals surface area contributed by atoms with Crippen LogP contribution in [-0.4, -0.2) is 59.8 Å². The van der Waals surface area contributed by atoms with E-state index in [0.717, 1.165) is 11.1 Å². The molecule has 0 heterocycles. The van der Waals surface area contributed by atoms with Crippen LogP contribution in [0.15, 0.2) is 42.5 Å². The van der Waals surface area contributed by atoms with Gasteiger partial charge in [-0.2, -0.15) is 0 Å². The van der Waals surface area contributed by atoms with Crippen molar-refractivity contribution in [2.45, 2.75) is 59.2 Å². The predicted molar refractivity (Wildman–Crippen MR) is 138 cm³/mol. The molecule has 2 atom stereocenters. The number of aliphatic hydroxyl groups is 1. The van der Waals surface area contributed by atoms with Crippen molar-refractivity contribution in [2.75, 3.05) is 25.6 Å². The summed E-state index contributed by atoms with van der Waals surface area (Å²) in [5.74, 6) is -0.365. The van der Waals surface area contributed by atoms with Crippen LogP contribution >= 0.6 is 0 Å². The molecular weight excluding hydrogens is 462 g/mol. The molecule has 0 fully saturated rings. The Bertz CT molecular complexity index is 1060. The van der Waals surface area contributed by atoms with Crippen LogP contribution < -0.4 is 15.4 Å². The minimum atomic E-state index is -1.06. The van der Waals surface area contributed by atoms with E-state index >= 15 is 0 Å². The number of amides is 3. The van der Waals surface area contributed by atoms with Crippen LogP contribution in [0.1, 0.15) is 50.4 Å². The molecule has 2 rings (SSSR count). The predicted octanol–water partition coefficient (Wildman–Crippen LogP) is 3.73. The van der Waals surface area contributed by atoms with Crippen molar-refractivity contribution in [3.8, 4) is 5.75 Å². The molecule has 0 radical (unpaired) electrons. The average Bonchev–Trinajstić information content (AvgIpc) is 2.79. The van der Waals surface area contributed by atoms with E-state index in [0.29, 0.717) is 17.0 Å². The molecule has 196 valence electrons. The van der Waals surface area contributed by atoms with Gasteiger partial charge in [0.2, 0.25) is 5.91 Å². The van der Waals surface area contributed by atoms with Gasteiger partial charge in [-0.15, -0.1) is 0 Å². The van der Waals surface area contributed by atoms with Gasteiger partial charge >= 0.3 is 6.09 Å². The van der Waals surface area contributed by atoms with Gasteiger partial charge in [-0.25, -0.2) is 4.79 Å². The highest BCUT2D eigenvalue weighted by Crippen LogP contribution is 2.26. The first-order valence-corrected chi connectivity index (χ1v) is 11.8. The van der Waals surface area contributed by atoms with Gasteiger partial charge in [0.15, 0.2) is 0 Å². The van der Waals surface area contributed by atoms with Crippen molar-refractivity contribution in [1.82, 2.24) is 10.2 Å². The number of hydrogen-bond acceptors (Lipinski definition) is 6. The third-order valence-electron chi connectivity index (χ3n) is 5.49. The van der Waals surface area contributed by atoms with E-state index in [4.69, 9.17) is 9.47 Å². The lowest BCUT2D eigenvalue weighted by Gasteiger charge is -2.33. The average molecular weight is 500 g/mol. The Morgan fingerprint density at radius 3 is 2.19 bits per heavy atom. The lowest BCUT2D eigenvalue weighted by Crippen LogP contribution is -2.52. The molecule has 2 unspecified atom stereocenters. The number of rotatable bonds is 9. The topological polar surface area (TPSA) is 117 Å². The van der Waals surface area contributed by atoms with Crippen molar-refractivity contribution < 1.29 is 29.0 Å². The zero-order valence-electron chi connectivity index (χ0n) is 22.0. The summed E-state index contributed by atoms with van der Waals surface area (Å²) in [7, 11) is 1.55. The van der Waals surface area contributed by atoms with Crippen LogP contribution in [0.4, 0.5) is 10.5 Å². The molecule has 0 aromatic heterocycles. The summed E-state index contributed by atoms with van der Waals surface area (Å²) < 4.78 is 10.4. The Morgan fingerprint density at radius 2 is 1.67 bits per heavy atom. The second-order valence-electron chi connectivity index (χ2n) is 9.59. The first kappa shape index (κ1) is 28.6. The van der Waals surface area contributed by atoms with Gasteiger partial charge in [0.1, 0.15) is 23.4 Å². The standard InChI is InChI=1S/C27H37N3O6/c1-17-8-9-20(16-18(17)2)23(24(32)29-21-10-12-22(35-7)13-11-21)30(14-15-31)25(33)19(3)28-26(34)36-27(4,5)6/h8-13,16,19,23,31H,14-15H2,1-7H3,(H,28,34)(H,29,32). The molecule has 3 N–H and O–H groups in total. The van der Waals surface area contributed by atoms with Crippen molar-refractivity contribution >= 4 is 23.6 Å². The summed E-state index contributed by atoms with van der Waals surface area (Å²) in [5, 5.41) is 15.1. The molecule has 0 saturated heterocycles. The highest BCUT2D eigenvalue weighted by atomic mass is 16.6. The minimum Gasteiger partial charge on any atom is -0.497 e. The van der Waals surface area contributed by atoms with Gasteiger partial charge in [0.25, 0.3) is 5.91 Å². The fourth-order valence-electron chi connectivity index (χ4n) is 3.56. The van der Waals surface area contributed by atoms with Crippen LogP contribution in [0.2, 0.25) is 0 Å². The number of nitrogens with zero attached hydrogens (tertiary/aromatic N) is 1. The third-order valence-corrected chi connectivity index (χ3v) is 5.49. The molecule has 0 aliphatic heterocycles. The van der Waals surface area contributed by atoms with E-state index in [9.17, 15) is 19.5 Å². The minimum absolute atomic E-state index is 0.118. The number of carbonyl (C=O) groups excluding carboxylic acids is 3. The number of nitrogens with one attached hydrogen (secondary N) is 2. The van der Waals surface area contributed by atoms with E-state index in [1.807, 2.05) is 26.0 Å². The first-order chi connectivity index (χ1) is 16.9. The quantitative estimate of drug-likeness (QED) is 0.484. The molecular formula is C27H37N3O6. The van der Waals surface area contributed by atoms with Crippen molar-refractivity contribution in [2.24, 2.45) is 0 Å². The third kappa shape index (κ3) is 7.98. The molecule has 2 aromatic rings. The normalized spacial score (nSPS) is 12.8. The van der Waals surface area contributed by atoms with E-state index in [1.165, 1.54) is 11.8 Å². The highest BCUT2D eigenvalue weighted by Gasteiger charge is 2.34. The lowest BCUT2D eigenvalue weighted by atomic mass is 9.98. The van der Waals surface area contributed by atoms with Crippen LogP contribution in [-0.2, 0) is 14.3 Å². The summed E-state index contributed by atoms with van der Waals surface area (Å²) in [6, 6.07) is 10.2. The number of hydrogen-bond donors (Lipinski definition) is 3.